The maximum atomic E-state index is 12.8. The molecule has 0 saturated heterocycles. The SMILES string of the molecule is COCCS(=O)(=O)Cc1ccc(N)cc1C(F)(F)F. The van der Waals surface area contributed by atoms with Gasteiger partial charge in [0, 0.05) is 12.8 Å². The second-order valence-electron chi connectivity index (χ2n) is 4.00. The Morgan fingerprint density at radius 2 is 1.95 bits per heavy atom. The van der Waals surface area contributed by atoms with Crippen molar-refractivity contribution in [3.05, 3.63) is 29.3 Å². The molecule has 0 radical (unpaired) electrons. The van der Waals surface area contributed by atoms with Gasteiger partial charge in [-0.2, -0.15) is 13.2 Å². The number of halogens is 3. The Labute approximate surface area is 109 Å². The van der Waals surface area contributed by atoms with Crippen molar-refractivity contribution in [2.75, 3.05) is 25.2 Å². The molecular formula is C11H14F3NO3S. The van der Waals surface area contributed by atoms with Crippen LogP contribution in [0.2, 0.25) is 0 Å². The molecule has 0 atom stereocenters. The summed E-state index contributed by atoms with van der Waals surface area (Å²) < 4.78 is 66.2. The molecule has 2 N–H and O–H groups in total. The van der Waals surface area contributed by atoms with Crippen molar-refractivity contribution < 1.29 is 26.3 Å². The first-order valence-electron chi connectivity index (χ1n) is 5.30. The van der Waals surface area contributed by atoms with Gasteiger partial charge in [0.05, 0.1) is 23.7 Å². The van der Waals surface area contributed by atoms with E-state index in [0.29, 0.717) is 0 Å². The Morgan fingerprint density at radius 1 is 1.32 bits per heavy atom. The van der Waals surface area contributed by atoms with E-state index in [9.17, 15) is 21.6 Å². The molecule has 19 heavy (non-hydrogen) atoms. The van der Waals surface area contributed by atoms with Crippen molar-refractivity contribution in [2.24, 2.45) is 0 Å². The largest absolute Gasteiger partial charge is 0.416 e. The summed E-state index contributed by atoms with van der Waals surface area (Å²) in [6.45, 7) is -0.0569. The van der Waals surface area contributed by atoms with Gasteiger partial charge in [-0.1, -0.05) is 6.07 Å². The summed E-state index contributed by atoms with van der Waals surface area (Å²) in [5, 5.41) is 0. The molecular weight excluding hydrogens is 283 g/mol. The van der Waals surface area contributed by atoms with Crippen molar-refractivity contribution in [3.8, 4) is 0 Å². The first-order chi connectivity index (χ1) is 8.65. The summed E-state index contributed by atoms with van der Waals surface area (Å²) in [5.74, 6) is -1.02. The van der Waals surface area contributed by atoms with Crippen LogP contribution in [-0.2, 0) is 26.5 Å². The number of hydrogen-bond acceptors (Lipinski definition) is 4. The van der Waals surface area contributed by atoms with Crippen molar-refractivity contribution >= 4 is 15.5 Å². The van der Waals surface area contributed by atoms with Gasteiger partial charge in [0.25, 0.3) is 0 Å². The molecule has 4 nitrogen and oxygen atoms in total. The van der Waals surface area contributed by atoms with Crippen LogP contribution in [0.25, 0.3) is 0 Å². The van der Waals surface area contributed by atoms with E-state index in [0.717, 1.165) is 12.1 Å². The molecule has 1 aromatic rings. The van der Waals surface area contributed by atoms with Crippen LogP contribution in [0.3, 0.4) is 0 Å². The van der Waals surface area contributed by atoms with E-state index < -0.39 is 27.3 Å². The molecule has 0 heterocycles. The summed E-state index contributed by atoms with van der Waals surface area (Å²) in [4.78, 5) is 0. The fraction of sp³-hybridized carbons (Fsp3) is 0.455. The molecule has 1 rings (SSSR count). The Kier molecular flexibility index (Phi) is 4.81. The maximum absolute atomic E-state index is 12.8. The van der Waals surface area contributed by atoms with Gasteiger partial charge < -0.3 is 10.5 Å². The fourth-order valence-corrected chi connectivity index (χ4v) is 2.79. The molecule has 0 spiro atoms. The third-order valence-electron chi connectivity index (χ3n) is 2.41. The molecule has 0 bridgehead atoms. The topological polar surface area (TPSA) is 69.4 Å². The standard InChI is InChI=1S/C11H14F3NO3S/c1-18-4-5-19(16,17)7-8-2-3-9(15)6-10(8)11(12,13)14/h2-3,6H,4-5,7,15H2,1H3. The second-order valence-corrected chi connectivity index (χ2v) is 6.18. The number of ether oxygens (including phenoxy) is 1. The number of benzene rings is 1. The lowest BCUT2D eigenvalue weighted by molar-refractivity contribution is -0.138. The van der Waals surface area contributed by atoms with E-state index in [1.54, 1.807) is 0 Å². The predicted octanol–water partition coefficient (Wildman–Crippen LogP) is 1.85. The average molecular weight is 297 g/mol. The summed E-state index contributed by atoms with van der Waals surface area (Å²) in [6, 6.07) is 3.07. The van der Waals surface area contributed by atoms with Crippen molar-refractivity contribution in [3.63, 3.8) is 0 Å². The van der Waals surface area contributed by atoms with E-state index >= 15 is 0 Å². The normalized spacial score (nSPS) is 12.6. The molecule has 1 aromatic carbocycles. The quantitative estimate of drug-likeness (QED) is 0.842. The van der Waals surface area contributed by atoms with E-state index in [2.05, 4.69) is 4.74 Å². The van der Waals surface area contributed by atoms with Crippen LogP contribution < -0.4 is 5.73 Å². The van der Waals surface area contributed by atoms with Crippen LogP contribution in [0, 0.1) is 0 Å². The monoisotopic (exact) mass is 297 g/mol. The minimum Gasteiger partial charge on any atom is -0.399 e. The summed E-state index contributed by atoms with van der Waals surface area (Å²) in [6.07, 6.45) is -4.64. The molecule has 108 valence electrons. The number of sulfone groups is 1. The highest BCUT2D eigenvalue weighted by molar-refractivity contribution is 7.90. The second kappa shape index (κ2) is 5.79. The predicted molar refractivity (Wildman–Crippen MR) is 65.2 cm³/mol. The lowest BCUT2D eigenvalue weighted by atomic mass is 10.1. The lowest BCUT2D eigenvalue weighted by Gasteiger charge is -2.13. The number of anilines is 1. The van der Waals surface area contributed by atoms with E-state index in [4.69, 9.17) is 5.73 Å². The third kappa shape index (κ3) is 4.71. The lowest BCUT2D eigenvalue weighted by Crippen LogP contribution is -2.17. The van der Waals surface area contributed by atoms with Crippen molar-refractivity contribution in [2.45, 2.75) is 11.9 Å². The first-order valence-corrected chi connectivity index (χ1v) is 7.13. The third-order valence-corrected chi connectivity index (χ3v) is 3.95. The molecule has 0 unspecified atom stereocenters. The minimum atomic E-state index is -4.64. The van der Waals surface area contributed by atoms with Crippen LogP contribution >= 0.6 is 0 Å². The van der Waals surface area contributed by atoms with Crippen molar-refractivity contribution in [1.82, 2.24) is 0 Å². The van der Waals surface area contributed by atoms with Gasteiger partial charge in [-0.3, -0.25) is 0 Å². The number of hydrogen-bond donors (Lipinski definition) is 1. The Hall–Kier alpha value is -1.28. The number of nitrogens with two attached hydrogens (primary N) is 1. The molecule has 0 aliphatic carbocycles. The number of methoxy groups -OCH3 is 1. The Morgan fingerprint density at radius 3 is 2.47 bits per heavy atom. The van der Waals surface area contributed by atoms with Crippen LogP contribution in [0.4, 0.5) is 18.9 Å². The van der Waals surface area contributed by atoms with Gasteiger partial charge >= 0.3 is 6.18 Å². The smallest absolute Gasteiger partial charge is 0.399 e. The molecule has 0 aliphatic rings. The van der Waals surface area contributed by atoms with E-state index in [-0.39, 0.29) is 23.6 Å². The van der Waals surface area contributed by atoms with Crippen LogP contribution in [-0.4, -0.2) is 27.9 Å². The van der Waals surface area contributed by atoms with Gasteiger partial charge in [0.2, 0.25) is 0 Å². The van der Waals surface area contributed by atoms with Gasteiger partial charge in [-0.05, 0) is 17.7 Å². The van der Waals surface area contributed by atoms with Gasteiger partial charge in [0.15, 0.2) is 9.84 Å². The molecule has 0 saturated carbocycles. The molecule has 0 aliphatic heterocycles. The summed E-state index contributed by atoms with van der Waals surface area (Å²) >= 11 is 0. The number of rotatable bonds is 5. The Bertz CT molecular complexity index is 541. The van der Waals surface area contributed by atoms with Crippen LogP contribution in [0.5, 0.6) is 0 Å². The van der Waals surface area contributed by atoms with E-state index in [1.807, 2.05) is 0 Å². The molecule has 8 heteroatoms. The van der Waals surface area contributed by atoms with Gasteiger partial charge in [0.1, 0.15) is 0 Å². The van der Waals surface area contributed by atoms with Crippen LogP contribution in [0.1, 0.15) is 11.1 Å². The Balaban J connectivity index is 3.08. The first kappa shape index (κ1) is 15.8. The summed E-state index contributed by atoms with van der Waals surface area (Å²) in [5.41, 5.74) is 3.91. The zero-order valence-corrected chi connectivity index (χ0v) is 11.0. The summed E-state index contributed by atoms with van der Waals surface area (Å²) in [7, 11) is -2.34. The number of nitrogen functional groups attached to an aromatic ring is 1. The highest BCUT2D eigenvalue weighted by Crippen LogP contribution is 2.34. The fourth-order valence-electron chi connectivity index (χ4n) is 1.50. The minimum absolute atomic E-state index is 0.0569. The van der Waals surface area contributed by atoms with Gasteiger partial charge in [-0.15, -0.1) is 0 Å². The number of alkyl halides is 3. The molecule has 0 amide bonds. The molecule has 0 fully saturated rings. The highest BCUT2D eigenvalue weighted by Gasteiger charge is 2.34. The zero-order valence-electron chi connectivity index (χ0n) is 10.2. The van der Waals surface area contributed by atoms with Gasteiger partial charge in [-0.25, -0.2) is 8.42 Å². The molecule has 0 aromatic heterocycles. The van der Waals surface area contributed by atoms with E-state index in [1.165, 1.54) is 13.2 Å². The maximum Gasteiger partial charge on any atom is 0.416 e. The highest BCUT2D eigenvalue weighted by atomic mass is 32.2. The zero-order chi connectivity index (χ0) is 14.7. The average Bonchev–Trinajstić information content (AvgIpc) is 2.27. The van der Waals surface area contributed by atoms with Crippen LogP contribution in [0.15, 0.2) is 18.2 Å². The van der Waals surface area contributed by atoms with Crippen molar-refractivity contribution in [1.29, 1.82) is 0 Å².